The first kappa shape index (κ1) is 15.8. The van der Waals surface area contributed by atoms with E-state index in [1.54, 1.807) is 25.1 Å². The molecule has 1 aromatic rings. The van der Waals surface area contributed by atoms with Crippen molar-refractivity contribution in [1.82, 2.24) is 10.3 Å². The van der Waals surface area contributed by atoms with E-state index in [2.05, 4.69) is 10.3 Å². The van der Waals surface area contributed by atoms with E-state index in [1.165, 1.54) is 24.4 Å². The number of nitrogens with one attached hydrogen (secondary N) is 1. The predicted molar refractivity (Wildman–Crippen MR) is 79.9 cm³/mol. The minimum atomic E-state index is -1.79. The van der Waals surface area contributed by atoms with Gasteiger partial charge in [-0.15, -0.1) is 0 Å². The molecule has 0 spiro atoms. The molecule has 116 valence electrons. The fourth-order valence-corrected chi connectivity index (χ4v) is 2.18. The number of pyridine rings is 1. The molecular weight excluding hydrogens is 286 g/mol. The Morgan fingerprint density at radius 2 is 2.27 bits per heavy atom. The van der Waals surface area contributed by atoms with E-state index in [1.807, 2.05) is 6.92 Å². The molecule has 1 amide bonds. The van der Waals surface area contributed by atoms with Crippen LogP contribution in [0.25, 0.3) is 0 Å². The molecule has 2 unspecified atom stereocenters. The summed E-state index contributed by atoms with van der Waals surface area (Å²) in [6, 6.07) is 2.42. The van der Waals surface area contributed by atoms with E-state index < -0.39 is 22.6 Å². The van der Waals surface area contributed by atoms with Gasteiger partial charge in [-0.25, -0.2) is 0 Å². The summed E-state index contributed by atoms with van der Waals surface area (Å²) in [6.07, 6.45) is 7.49. The van der Waals surface area contributed by atoms with Gasteiger partial charge in [-0.1, -0.05) is 18.2 Å². The van der Waals surface area contributed by atoms with Crippen LogP contribution in [0.3, 0.4) is 0 Å². The molecule has 1 heterocycles. The fraction of sp³-hybridized carbons (Fsp3) is 0.333. The molecule has 1 aliphatic carbocycles. The van der Waals surface area contributed by atoms with Crippen molar-refractivity contribution in [1.29, 1.82) is 0 Å². The number of nitro groups is 1. The van der Waals surface area contributed by atoms with Gasteiger partial charge in [0.1, 0.15) is 0 Å². The first-order chi connectivity index (χ1) is 10.5. The number of nitrogens with zero attached hydrogens (tertiary/aromatic N) is 2. The molecule has 0 saturated heterocycles. The monoisotopic (exact) mass is 303 g/mol. The second-order valence-electron chi connectivity index (χ2n) is 4.83. The van der Waals surface area contributed by atoms with Crippen molar-refractivity contribution in [2.45, 2.75) is 25.6 Å². The average Bonchev–Trinajstić information content (AvgIpc) is 2.50. The summed E-state index contributed by atoms with van der Waals surface area (Å²) in [5, 5.41) is 14.1. The van der Waals surface area contributed by atoms with Crippen LogP contribution in [0, 0.1) is 17.0 Å². The van der Waals surface area contributed by atoms with Crippen LogP contribution in [0.1, 0.15) is 23.0 Å². The lowest BCUT2D eigenvalue weighted by atomic mass is 9.98. The van der Waals surface area contributed by atoms with E-state index in [4.69, 9.17) is 4.74 Å². The summed E-state index contributed by atoms with van der Waals surface area (Å²) in [5.74, 6) is -0.441. The number of carbonyl (C=O) groups is 1. The van der Waals surface area contributed by atoms with Crippen molar-refractivity contribution in [2.75, 3.05) is 6.61 Å². The second-order valence-corrected chi connectivity index (χ2v) is 4.83. The Kier molecular flexibility index (Phi) is 4.67. The molecule has 0 bridgehead atoms. The summed E-state index contributed by atoms with van der Waals surface area (Å²) < 4.78 is 5.33. The van der Waals surface area contributed by atoms with Crippen LogP contribution < -0.4 is 5.32 Å². The van der Waals surface area contributed by atoms with Crippen LogP contribution in [-0.2, 0) is 4.74 Å². The molecule has 0 saturated carbocycles. The summed E-state index contributed by atoms with van der Waals surface area (Å²) in [5.41, 5.74) is -0.676. The van der Waals surface area contributed by atoms with E-state index in [9.17, 15) is 14.9 Å². The van der Waals surface area contributed by atoms with Gasteiger partial charge in [0.05, 0.1) is 17.1 Å². The van der Waals surface area contributed by atoms with Crippen LogP contribution in [0.15, 0.2) is 42.6 Å². The van der Waals surface area contributed by atoms with Crippen LogP contribution in [-0.4, -0.2) is 34.2 Å². The van der Waals surface area contributed by atoms with E-state index in [-0.39, 0.29) is 6.61 Å². The summed E-state index contributed by atoms with van der Waals surface area (Å²) >= 11 is 0. The average molecular weight is 303 g/mol. The fourth-order valence-electron chi connectivity index (χ4n) is 2.18. The van der Waals surface area contributed by atoms with Crippen LogP contribution in [0.2, 0.25) is 0 Å². The van der Waals surface area contributed by atoms with Crippen molar-refractivity contribution < 1.29 is 14.5 Å². The molecular formula is C15H17N3O4. The van der Waals surface area contributed by atoms with Crippen molar-refractivity contribution >= 4 is 5.91 Å². The molecule has 1 aliphatic rings. The van der Waals surface area contributed by atoms with Gasteiger partial charge in [0, 0.05) is 18.0 Å². The van der Waals surface area contributed by atoms with Crippen molar-refractivity contribution in [3.8, 4) is 0 Å². The summed E-state index contributed by atoms with van der Waals surface area (Å²) in [6.45, 7) is 3.63. The molecule has 1 N–H and O–H groups in total. The zero-order chi connectivity index (χ0) is 16.2. The van der Waals surface area contributed by atoms with Gasteiger partial charge >= 0.3 is 5.72 Å². The maximum atomic E-state index is 12.3. The molecule has 22 heavy (non-hydrogen) atoms. The van der Waals surface area contributed by atoms with Crippen molar-refractivity contribution in [2.24, 2.45) is 0 Å². The van der Waals surface area contributed by atoms with Gasteiger partial charge in [-0.05, 0) is 26.0 Å². The third kappa shape index (κ3) is 3.04. The second kappa shape index (κ2) is 6.48. The number of rotatable bonds is 5. The SMILES string of the molecule is CCOC1([N+](=O)[O-])C=CC=CC1NC(=O)c1ccc(C)nc1. The molecule has 0 fully saturated rings. The van der Waals surface area contributed by atoms with Crippen LogP contribution in [0.4, 0.5) is 0 Å². The lowest BCUT2D eigenvalue weighted by Gasteiger charge is -2.30. The molecule has 7 heteroatoms. The maximum absolute atomic E-state index is 12.3. The Morgan fingerprint density at radius 3 is 2.86 bits per heavy atom. The number of aromatic nitrogens is 1. The highest BCUT2D eigenvalue weighted by molar-refractivity contribution is 5.94. The number of aryl methyl sites for hydroxylation is 1. The molecule has 1 aromatic heterocycles. The highest BCUT2D eigenvalue weighted by Crippen LogP contribution is 2.24. The zero-order valence-electron chi connectivity index (χ0n) is 12.4. The first-order valence-electron chi connectivity index (χ1n) is 6.87. The zero-order valence-corrected chi connectivity index (χ0v) is 12.4. The number of hydrogen-bond acceptors (Lipinski definition) is 5. The summed E-state index contributed by atoms with van der Waals surface area (Å²) in [4.78, 5) is 27.2. The van der Waals surface area contributed by atoms with Gasteiger partial charge in [0.25, 0.3) is 5.91 Å². The minimum absolute atomic E-state index is 0.150. The van der Waals surface area contributed by atoms with Crippen molar-refractivity contribution in [3.63, 3.8) is 0 Å². The van der Waals surface area contributed by atoms with Crippen LogP contribution >= 0.6 is 0 Å². The lowest BCUT2D eigenvalue weighted by Crippen LogP contribution is -2.57. The smallest absolute Gasteiger partial charge is 0.336 e. The van der Waals surface area contributed by atoms with Crippen LogP contribution in [0.5, 0.6) is 0 Å². The normalized spacial score (nSPS) is 23.3. The van der Waals surface area contributed by atoms with Crippen molar-refractivity contribution in [3.05, 3.63) is 64.0 Å². The standard InChI is InChI=1S/C15H17N3O4/c1-3-22-15(18(20)21)9-5-4-6-13(15)17-14(19)12-8-7-11(2)16-10-12/h4-10,13H,3H2,1-2H3,(H,17,19). The largest absolute Gasteiger partial charge is 0.368 e. The number of hydrogen-bond donors (Lipinski definition) is 1. The minimum Gasteiger partial charge on any atom is -0.336 e. The van der Waals surface area contributed by atoms with Gasteiger partial charge in [0.2, 0.25) is 0 Å². The quantitative estimate of drug-likeness (QED) is 0.507. The number of ether oxygens (including phenoxy) is 1. The third-order valence-electron chi connectivity index (χ3n) is 3.32. The van der Waals surface area contributed by atoms with Gasteiger partial charge < -0.3 is 10.1 Å². The van der Waals surface area contributed by atoms with Gasteiger partial charge in [0.15, 0.2) is 6.04 Å². The Labute approximate surface area is 127 Å². The molecule has 0 aromatic carbocycles. The Hall–Kier alpha value is -2.54. The van der Waals surface area contributed by atoms with Gasteiger partial charge in [-0.3, -0.25) is 19.9 Å². The molecule has 7 nitrogen and oxygen atoms in total. The van der Waals surface area contributed by atoms with E-state index >= 15 is 0 Å². The Morgan fingerprint density at radius 1 is 1.50 bits per heavy atom. The highest BCUT2D eigenvalue weighted by atomic mass is 16.7. The lowest BCUT2D eigenvalue weighted by molar-refractivity contribution is -0.616. The van der Waals surface area contributed by atoms with E-state index in [0.29, 0.717) is 5.56 Å². The Balaban J connectivity index is 2.23. The maximum Gasteiger partial charge on any atom is 0.368 e. The first-order valence-corrected chi connectivity index (χ1v) is 6.87. The Bertz CT molecular complexity index is 624. The van der Waals surface area contributed by atoms with Gasteiger partial charge in [-0.2, -0.15) is 0 Å². The highest BCUT2D eigenvalue weighted by Gasteiger charge is 2.50. The topological polar surface area (TPSA) is 94.4 Å². The molecule has 2 rings (SSSR count). The molecule has 0 radical (unpaired) electrons. The van der Waals surface area contributed by atoms with E-state index in [0.717, 1.165) is 5.69 Å². The summed E-state index contributed by atoms with van der Waals surface area (Å²) in [7, 11) is 0. The molecule has 2 atom stereocenters. The number of carbonyl (C=O) groups excluding carboxylic acids is 1. The number of allylic oxidation sites excluding steroid dienone is 2. The third-order valence-corrected chi connectivity index (χ3v) is 3.32. The predicted octanol–water partition coefficient (Wildman–Crippen LogP) is 1.62. The molecule has 0 aliphatic heterocycles. The number of amides is 1.